The van der Waals surface area contributed by atoms with Crippen molar-refractivity contribution in [2.45, 2.75) is 6.42 Å². The number of aliphatic imine (C=N–C) groups is 1. The largest absolute Gasteiger partial charge is 0.455 e. The van der Waals surface area contributed by atoms with Gasteiger partial charge in [0.05, 0.1) is 0 Å². The molecular weight excluding hydrogens is 310 g/mol. The molecule has 2 aromatic rings. The van der Waals surface area contributed by atoms with Crippen molar-refractivity contribution in [1.29, 1.82) is 0 Å². The number of hydrogen-bond acceptors (Lipinski definition) is 4. The van der Waals surface area contributed by atoms with E-state index in [2.05, 4.69) is 10.2 Å². The molecule has 5 heteroatoms. The summed E-state index contributed by atoms with van der Waals surface area (Å²) in [5.41, 5.74) is 1.95. The average Bonchev–Trinajstić information content (AvgIpc) is 2.57. The number of nitrogens with one attached hydrogen (secondary N) is 1. The van der Waals surface area contributed by atoms with Crippen molar-refractivity contribution in [2.24, 2.45) is 4.99 Å². The van der Waals surface area contributed by atoms with Gasteiger partial charge in [0, 0.05) is 43.2 Å². The van der Waals surface area contributed by atoms with Gasteiger partial charge in [-0.2, -0.15) is 0 Å². The molecule has 1 saturated heterocycles. The molecule has 4 nitrogen and oxygen atoms in total. The van der Waals surface area contributed by atoms with Crippen molar-refractivity contribution < 1.29 is 4.74 Å². The highest BCUT2D eigenvalue weighted by molar-refractivity contribution is 6.30. The van der Waals surface area contributed by atoms with Crippen LogP contribution in [0.4, 0.5) is 5.69 Å². The maximum atomic E-state index is 6.19. The molecule has 0 unspecified atom stereocenters. The van der Waals surface area contributed by atoms with E-state index in [1.54, 1.807) is 0 Å². The second-order valence-corrected chi connectivity index (χ2v) is 6.20. The summed E-state index contributed by atoms with van der Waals surface area (Å²) in [5, 5.41) is 4.11. The number of benzene rings is 2. The minimum atomic E-state index is 0.723. The van der Waals surface area contributed by atoms with Crippen LogP contribution in [0.15, 0.2) is 47.5 Å². The highest BCUT2D eigenvalue weighted by atomic mass is 35.5. The minimum absolute atomic E-state index is 0.723. The lowest BCUT2D eigenvalue weighted by atomic mass is 10.1. The Hall–Kier alpha value is -2.04. The van der Waals surface area contributed by atoms with Gasteiger partial charge < -0.3 is 15.0 Å². The summed E-state index contributed by atoms with van der Waals surface area (Å²) in [6.45, 7) is 3.91. The monoisotopic (exact) mass is 327 g/mol. The Bertz CT molecular complexity index is 754. The third-order valence-electron chi connectivity index (χ3n) is 4.19. The molecule has 0 bridgehead atoms. The van der Waals surface area contributed by atoms with Crippen LogP contribution < -0.4 is 10.1 Å². The second-order valence-electron chi connectivity index (χ2n) is 5.76. The van der Waals surface area contributed by atoms with Crippen molar-refractivity contribution >= 4 is 23.1 Å². The lowest BCUT2D eigenvalue weighted by Crippen LogP contribution is -2.47. The second kappa shape index (κ2) is 6.22. The maximum Gasteiger partial charge on any atom is 0.153 e. The summed E-state index contributed by atoms with van der Waals surface area (Å²) in [6.07, 6.45) is 0.726. The first kappa shape index (κ1) is 14.5. The molecule has 2 aromatic carbocycles. The van der Waals surface area contributed by atoms with Gasteiger partial charge in [-0.1, -0.05) is 23.7 Å². The molecule has 0 radical (unpaired) electrons. The first-order valence-electron chi connectivity index (χ1n) is 7.88. The van der Waals surface area contributed by atoms with Crippen LogP contribution >= 0.6 is 11.6 Å². The van der Waals surface area contributed by atoms with Crippen molar-refractivity contribution in [3.05, 3.63) is 53.1 Å². The van der Waals surface area contributed by atoms with Crippen LogP contribution in [-0.2, 0) is 6.42 Å². The summed E-state index contributed by atoms with van der Waals surface area (Å²) in [5.74, 6) is 2.71. The highest BCUT2D eigenvalue weighted by Gasteiger charge is 2.20. The maximum absolute atomic E-state index is 6.19. The van der Waals surface area contributed by atoms with Gasteiger partial charge in [0.25, 0.3) is 0 Å². The molecular formula is C18H18ClN3O. The minimum Gasteiger partial charge on any atom is -0.455 e. The number of nitrogens with zero attached hydrogens (tertiary/aromatic N) is 2. The predicted molar refractivity (Wildman–Crippen MR) is 93.2 cm³/mol. The Morgan fingerprint density at radius 3 is 2.74 bits per heavy atom. The van der Waals surface area contributed by atoms with Gasteiger partial charge in [-0.15, -0.1) is 0 Å². The Kier molecular flexibility index (Phi) is 3.93. The fourth-order valence-electron chi connectivity index (χ4n) is 2.99. The van der Waals surface area contributed by atoms with E-state index in [9.17, 15) is 0 Å². The molecule has 1 fully saturated rings. The highest BCUT2D eigenvalue weighted by Crippen LogP contribution is 2.37. The van der Waals surface area contributed by atoms with E-state index in [0.717, 1.165) is 66.2 Å². The number of rotatable bonds is 0. The number of para-hydroxylation sites is 2. The van der Waals surface area contributed by atoms with Gasteiger partial charge in [0.1, 0.15) is 17.3 Å². The van der Waals surface area contributed by atoms with Gasteiger partial charge >= 0.3 is 0 Å². The van der Waals surface area contributed by atoms with Crippen molar-refractivity contribution in [2.75, 3.05) is 26.2 Å². The molecule has 1 N–H and O–H groups in total. The van der Waals surface area contributed by atoms with Gasteiger partial charge in [-0.05, 0) is 30.3 Å². The SMILES string of the molecule is Clc1ccc2c(c1)CC(N1CCNCC1)=Nc1ccccc1O2. The van der Waals surface area contributed by atoms with Crippen LogP contribution in [0.25, 0.3) is 0 Å². The summed E-state index contributed by atoms with van der Waals surface area (Å²) < 4.78 is 6.08. The van der Waals surface area contributed by atoms with E-state index >= 15 is 0 Å². The molecule has 0 aliphatic carbocycles. The van der Waals surface area contributed by atoms with Gasteiger partial charge in [0.2, 0.25) is 0 Å². The molecule has 0 saturated carbocycles. The lowest BCUT2D eigenvalue weighted by molar-refractivity contribution is 0.352. The van der Waals surface area contributed by atoms with E-state index in [4.69, 9.17) is 21.3 Å². The molecule has 118 valence electrons. The molecule has 2 aliphatic rings. The van der Waals surface area contributed by atoms with E-state index in [0.29, 0.717) is 0 Å². The lowest BCUT2D eigenvalue weighted by Gasteiger charge is -2.31. The fourth-order valence-corrected chi connectivity index (χ4v) is 3.19. The first-order valence-corrected chi connectivity index (χ1v) is 8.26. The number of hydrogen-bond donors (Lipinski definition) is 1. The van der Waals surface area contributed by atoms with E-state index in [1.165, 1.54) is 0 Å². The van der Waals surface area contributed by atoms with Crippen LogP contribution in [0.2, 0.25) is 5.02 Å². The van der Waals surface area contributed by atoms with Crippen LogP contribution in [-0.4, -0.2) is 36.9 Å². The quantitative estimate of drug-likeness (QED) is 0.803. The molecule has 4 rings (SSSR count). The topological polar surface area (TPSA) is 36.9 Å². The summed E-state index contributed by atoms with van der Waals surface area (Å²) in [6, 6.07) is 13.7. The summed E-state index contributed by atoms with van der Waals surface area (Å²) in [4.78, 5) is 7.25. The normalized spacial score (nSPS) is 17.3. The Labute approximate surface area is 140 Å². The van der Waals surface area contributed by atoms with Gasteiger partial charge in [-0.3, -0.25) is 0 Å². The van der Waals surface area contributed by atoms with E-state index < -0.39 is 0 Å². The fraction of sp³-hybridized carbons (Fsp3) is 0.278. The van der Waals surface area contributed by atoms with Crippen molar-refractivity contribution in [3.8, 4) is 11.5 Å². The molecule has 0 aromatic heterocycles. The molecule has 23 heavy (non-hydrogen) atoms. The standard InChI is InChI=1S/C18H18ClN3O/c19-14-5-6-16-13(11-14)12-18(22-9-7-20-8-10-22)21-15-3-1-2-4-17(15)23-16/h1-6,11,20H,7-10,12H2. The first-order chi connectivity index (χ1) is 11.3. The van der Waals surface area contributed by atoms with Crippen LogP contribution in [0, 0.1) is 0 Å². The zero-order chi connectivity index (χ0) is 15.6. The number of amidine groups is 1. The zero-order valence-electron chi connectivity index (χ0n) is 12.8. The Balaban J connectivity index is 1.81. The third kappa shape index (κ3) is 3.05. The summed E-state index contributed by atoms with van der Waals surface area (Å²) >= 11 is 6.19. The number of piperazine rings is 1. The molecule has 2 aliphatic heterocycles. The molecule has 0 atom stereocenters. The van der Waals surface area contributed by atoms with Crippen molar-refractivity contribution in [3.63, 3.8) is 0 Å². The zero-order valence-corrected chi connectivity index (χ0v) is 13.5. The van der Waals surface area contributed by atoms with E-state index in [-0.39, 0.29) is 0 Å². The van der Waals surface area contributed by atoms with Crippen LogP contribution in [0.5, 0.6) is 11.5 Å². The predicted octanol–water partition coefficient (Wildman–Crippen LogP) is 3.62. The van der Waals surface area contributed by atoms with Crippen LogP contribution in [0.3, 0.4) is 0 Å². The number of halogens is 1. The van der Waals surface area contributed by atoms with Gasteiger partial charge in [-0.25, -0.2) is 4.99 Å². The molecule has 0 spiro atoms. The average molecular weight is 328 g/mol. The Morgan fingerprint density at radius 1 is 1.04 bits per heavy atom. The van der Waals surface area contributed by atoms with E-state index in [1.807, 2.05) is 42.5 Å². The van der Waals surface area contributed by atoms with Gasteiger partial charge in [0.15, 0.2) is 5.75 Å². The molecule has 0 amide bonds. The number of fused-ring (bicyclic) bond motifs is 2. The van der Waals surface area contributed by atoms with Crippen molar-refractivity contribution in [1.82, 2.24) is 10.2 Å². The third-order valence-corrected chi connectivity index (χ3v) is 4.42. The smallest absolute Gasteiger partial charge is 0.153 e. The number of ether oxygens (including phenoxy) is 1. The molecule has 2 heterocycles. The van der Waals surface area contributed by atoms with Crippen LogP contribution in [0.1, 0.15) is 5.56 Å². The Morgan fingerprint density at radius 2 is 1.87 bits per heavy atom. The summed E-state index contributed by atoms with van der Waals surface area (Å²) in [7, 11) is 0.